The van der Waals surface area contributed by atoms with Crippen LogP contribution in [0.3, 0.4) is 0 Å². The van der Waals surface area contributed by atoms with Crippen LogP contribution in [0.2, 0.25) is 0 Å². The largest absolute Gasteiger partial charge is 0.322 e. The van der Waals surface area contributed by atoms with E-state index in [4.69, 9.17) is 4.98 Å². The van der Waals surface area contributed by atoms with E-state index in [1.807, 2.05) is 67.8 Å². The number of thiophene rings is 1. The molecule has 0 saturated carbocycles. The van der Waals surface area contributed by atoms with E-state index >= 15 is 0 Å². The van der Waals surface area contributed by atoms with Crippen LogP contribution in [-0.2, 0) is 6.54 Å². The Morgan fingerprint density at radius 3 is 2.41 bits per heavy atom. The van der Waals surface area contributed by atoms with E-state index in [-0.39, 0.29) is 28.6 Å². The number of rotatable bonds is 9. The second-order valence-electron chi connectivity index (χ2n) is 10.0. The summed E-state index contributed by atoms with van der Waals surface area (Å²) in [6.07, 6.45) is 0. The van der Waals surface area contributed by atoms with Gasteiger partial charge < -0.3 is 4.90 Å². The third-order valence-corrected chi connectivity index (χ3v) is 7.60. The van der Waals surface area contributed by atoms with Gasteiger partial charge >= 0.3 is 0 Å². The molecule has 1 N–H and O–H groups in total. The molecule has 4 aromatic rings. The molecule has 1 unspecified atom stereocenters. The van der Waals surface area contributed by atoms with Gasteiger partial charge in [0, 0.05) is 10.0 Å². The lowest BCUT2D eigenvalue weighted by molar-refractivity contribution is -1.07. The van der Waals surface area contributed by atoms with Crippen molar-refractivity contribution < 1.29 is 14.6 Å². The molecule has 2 heterocycles. The van der Waals surface area contributed by atoms with E-state index < -0.39 is 6.04 Å². The fraction of sp³-hybridized carbons (Fsp3) is 0.321. The van der Waals surface area contributed by atoms with Crippen molar-refractivity contribution >= 4 is 43.4 Å². The zero-order valence-electron chi connectivity index (χ0n) is 21.5. The van der Waals surface area contributed by atoms with Gasteiger partial charge in [0.2, 0.25) is 0 Å². The molecule has 2 aromatic heterocycles. The van der Waals surface area contributed by atoms with Crippen LogP contribution in [0, 0.1) is 5.92 Å². The van der Waals surface area contributed by atoms with Crippen molar-refractivity contribution in [3.05, 3.63) is 97.8 Å². The van der Waals surface area contributed by atoms with E-state index in [1.54, 1.807) is 35.7 Å². The maximum Gasteiger partial charge on any atom is 0.262 e. The van der Waals surface area contributed by atoms with Gasteiger partial charge in [-0.15, -0.1) is 11.3 Å². The highest BCUT2D eigenvalue weighted by Gasteiger charge is 2.34. The quantitative estimate of drug-likeness (QED) is 0.206. The number of hydrogen-bond donors (Lipinski definition) is 1. The van der Waals surface area contributed by atoms with E-state index in [0.29, 0.717) is 34.7 Å². The number of amides is 1. The summed E-state index contributed by atoms with van der Waals surface area (Å²) in [4.78, 5) is 35.1. The highest BCUT2D eigenvalue weighted by Crippen LogP contribution is 2.31. The number of carbonyl (C=O) groups excluding carboxylic acids is 1. The summed E-state index contributed by atoms with van der Waals surface area (Å²) in [7, 11) is 3.35. The molecule has 4 rings (SSSR count). The molecule has 0 aliphatic heterocycles. The third-order valence-electron chi connectivity index (χ3n) is 6.27. The van der Waals surface area contributed by atoms with Gasteiger partial charge in [-0.25, -0.2) is 10.2 Å². The second-order valence-corrected chi connectivity index (χ2v) is 11.8. The average Bonchev–Trinajstić information content (AvgIpc) is 3.32. The molecule has 0 fully saturated rings. The van der Waals surface area contributed by atoms with Crippen molar-refractivity contribution in [1.82, 2.24) is 14.5 Å². The number of hydroxylamine groups is 3. The Bertz CT molecular complexity index is 1430. The Kier molecular flexibility index (Phi) is 8.28. The molecule has 0 aliphatic rings. The average molecular weight is 585 g/mol. The van der Waals surface area contributed by atoms with Gasteiger partial charge in [0.15, 0.2) is 0 Å². The SMILES string of the molecule is CC(C)C(c1nc2sccc2c(=O)n1Cc1ccccc1)N(CC[N+](C)(C)O)C(=O)c1ccc(Br)cc1. The second kappa shape index (κ2) is 11.3. The fourth-order valence-corrected chi connectivity index (χ4v) is 5.41. The maximum absolute atomic E-state index is 14.0. The number of aromatic nitrogens is 2. The maximum atomic E-state index is 14.0. The summed E-state index contributed by atoms with van der Waals surface area (Å²) in [5, 5.41) is 12.9. The molecule has 0 saturated heterocycles. The lowest BCUT2D eigenvalue weighted by Gasteiger charge is -2.36. The Hall–Kier alpha value is -2.85. The van der Waals surface area contributed by atoms with Crippen LogP contribution in [0.1, 0.15) is 41.6 Å². The molecule has 0 bridgehead atoms. The van der Waals surface area contributed by atoms with Crippen LogP contribution in [0.25, 0.3) is 10.2 Å². The Balaban J connectivity index is 1.89. The Morgan fingerprint density at radius 2 is 1.78 bits per heavy atom. The standard InChI is InChI=1S/C28H32BrN4O3S/c1-19(2)24(31(15-16-33(3,4)36)27(34)21-10-12-22(29)13-11-21)25-30-26-23(14-17-37-26)28(35)32(25)18-20-8-6-5-7-9-20/h5-14,17,19,24,36H,15-16,18H2,1-4H3/q+1. The first kappa shape index (κ1) is 27.2. The van der Waals surface area contributed by atoms with Crippen LogP contribution >= 0.6 is 27.3 Å². The molecule has 7 nitrogen and oxygen atoms in total. The monoisotopic (exact) mass is 583 g/mol. The van der Waals surface area contributed by atoms with E-state index in [2.05, 4.69) is 15.9 Å². The van der Waals surface area contributed by atoms with Gasteiger partial charge in [-0.2, -0.15) is 4.65 Å². The number of nitrogens with zero attached hydrogens (tertiary/aromatic N) is 4. The number of carbonyl (C=O) groups is 1. The molecule has 1 atom stereocenters. The highest BCUT2D eigenvalue weighted by molar-refractivity contribution is 9.10. The van der Waals surface area contributed by atoms with Crippen molar-refractivity contribution in [2.75, 3.05) is 27.2 Å². The van der Waals surface area contributed by atoms with Crippen LogP contribution in [-0.4, -0.2) is 57.4 Å². The number of halogens is 1. The fourth-order valence-electron chi connectivity index (χ4n) is 4.38. The first-order chi connectivity index (χ1) is 17.5. The normalized spacial score (nSPS) is 12.7. The minimum atomic E-state index is -0.495. The minimum absolute atomic E-state index is 0.0555. The molecule has 0 spiro atoms. The summed E-state index contributed by atoms with van der Waals surface area (Å²) in [5.41, 5.74) is 1.39. The molecule has 2 aromatic carbocycles. The van der Waals surface area contributed by atoms with Crippen molar-refractivity contribution in [3.63, 3.8) is 0 Å². The lowest BCUT2D eigenvalue weighted by atomic mass is 9.99. The van der Waals surface area contributed by atoms with Crippen LogP contribution < -0.4 is 5.56 Å². The van der Waals surface area contributed by atoms with Crippen LogP contribution in [0.5, 0.6) is 0 Å². The molecule has 37 heavy (non-hydrogen) atoms. The lowest BCUT2D eigenvalue weighted by Crippen LogP contribution is -2.48. The molecule has 0 radical (unpaired) electrons. The van der Waals surface area contributed by atoms with E-state index in [1.165, 1.54) is 11.3 Å². The molecule has 194 valence electrons. The topological polar surface area (TPSA) is 75.4 Å². The van der Waals surface area contributed by atoms with Crippen molar-refractivity contribution in [3.8, 4) is 0 Å². The third kappa shape index (κ3) is 6.35. The zero-order chi connectivity index (χ0) is 26.7. The number of fused-ring (bicyclic) bond motifs is 1. The molecular weight excluding hydrogens is 552 g/mol. The number of hydrogen-bond acceptors (Lipinski definition) is 5. The zero-order valence-corrected chi connectivity index (χ0v) is 23.9. The smallest absolute Gasteiger partial charge is 0.262 e. The number of benzene rings is 2. The van der Waals surface area contributed by atoms with Crippen LogP contribution in [0.4, 0.5) is 0 Å². The van der Waals surface area contributed by atoms with Crippen LogP contribution in [0.15, 0.2) is 75.3 Å². The van der Waals surface area contributed by atoms with Gasteiger partial charge in [0.25, 0.3) is 11.5 Å². The minimum Gasteiger partial charge on any atom is -0.322 e. The van der Waals surface area contributed by atoms with Crippen molar-refractivity contribution in [1.29, 1.82) is 0 Å². The molecule has 9 heteroatoms. The summed E-state index contributed by atoms with van der Waals surface area (Å²) in [6, 6.07) is 18.3. The molecular formula is C28H32BrN4O3S+. The molecule has 1 amide bonds. The number of likely N-dealkylation sites (N-methyl/N-ethyl adjacent to an activating group) is 1. The Labute approximate surface area is 229 Å². The van der Waals surface area contributed by atoms with Crippen molar-refractivity contribution in [2.45, 2.75) is 26.4 Å². The predicted molar refractivity (Wildman–Crippen MR) is 151 cm³/mol. The van der Waals surface area contributed by atoms with Gasteiger partial charge in [-0.3, -0.25) is 14.2 Å². The summed E-state index contributed by atoms with van der Waals surface area (Å²) in [6.45, 7) is 5.01. The Morgan fingerprint density at radius 1 is 1.11 bits per heavy atom. The highest BCUT2D eigenvalue weighted by atomic mass is 79.9. The van der Waals surface area contributed by atoms with E-state index in [9.17, 15) is 14.8 Å². The first-order valence-electron chi connectivity index (χ1n) is 12.2. The van der Waals surface area contributed by atoms with E-state index in [0.717, 1.165) is 10.0 Å². The van der Waals surface area contributed by atoms with Gasteiger partial charge in [-0.05, 0) is 47.2 Å². The summed E-state index contributed by atoms with van der Waals surface area (Å²) >= 11 is 4.86. The number of quaternary nitrogens is 1. The first-order valence-corrected chi connectivity index (χ1v) is 13.9. The van der Waals surface area contributed by atoms with Gasteiger partial charge in [0.05, 0.1) is 38.6 Å². The summed E-state index contributed by atoms with van der Waals surface area (Å²) < 4.78 is 2.30. The van der Waals surface area contributed by atoms with Crippen molar-refractivity contribution in [2.24, 2.45) is 5.92 Å². The van der Waals surface area contributed by atoms with Gasteiger partial charge in [-0.1, -0.05) is 60.1 Å². The molecule has 0 aliphatic carbocycles. The van der Waals surface area contributed by atoms with Gasteiger partial charge in [0.1, 0.15) is 17.2 Å². The predicted octanol–water partition coefficient (Wildman–Crippen LogP) is 5.57. The summed E-state index contributed by atoms with van der Waals surface area (Å²) in [5.74, 6) is 0.319.